The summed E-state index contributed by atoms with van der Waals surface area (Å²) in [5.74, 6) is 2.31. The minimum Gasteiger partial charge on any atom is -0.371 e. The third-order valence-electron chi connectivity index (χ3n) is 5.56. The highest BCUT2D eigenvalue weighted by Crippen LogP contribution is 2.46. The molecule has 0 N–H and O–H groups in total. The standard InChI is InChI=1S/C20H23N3O3S/c1-13-3-2-4-15(21-13)9-25-16-8-20(27-10-16)11-23(12-20)19(24)17-7-18(26-22-17)14-5-6-14/h2-4,7,14,16H,5-6,8-12H2,1H3/t16-/m1/s1. The van der Waals surface area contributed by atoms with Gasteiger partial charge in [0, 0.05) is 36.5 Å². The lowest BCUT2D eigenvalue weighted by Gasteiger charge is -2.47. The van der Waals surface area contributed by atoms with Crippen LogP contribution in [0.2, 0.25) is 0 Å². The van der Waals surface area contributed by atoms with Gasteiger partial charge in [-0.15, -0.1) is 11.8 Å². The van der Waals surface area contributed by atoms with Crippen molar-refractivity contribution in [1.82, 2.24) is 15.0 Å². The molecule has 1 spiro atoms. The molecule has 2 aliphatic heterocycles. The van der Waals surface area contributed by atoms with Gasteiger partial charge in [0.1, 0.15) is 5.76 Å². The highest BCUT2D eigenvalue weighted by molar-refractivity contribution is 8.01. The van der Waals surface area contributed by atoms with Crippen LogP contribution in [0.4, 0.5) is 0 Å². The smallest absolute Gasteiger partial charge is 0.276 e. The third kappa shape index (κ3) is 3.50. The van der Waals surface area contributed by atoms with Crippen molar-refractivity contribution in [3.05, 3.63) is 47.1 Å². The van der Waals surface area contributed by atoms with Gasteiger partial charge in [0.2, 0.25) is 0 Å². The van der Waals surface area contributed by atoms with Crippen molar-refractivity contribution in [2.45, 2.75) is 49.6 Å². The van der Waals surface area contributed by atoms with Gasteiger partial charge in [-0.1, -0.05) is 11.2 Å². The number of carbonyl (C=O) groups excluding carboxylic acids is 1. The summed E-state index contributed by atoms with van der Waals surface area (Å²) >= 11 is 1.93. The normalized spacial score (nSPS) is 23.6. The summed E-state index contributed by atoms with van der Waals surface area (Å²) in [5.41, 5.74) is 2.44. The number of thioether (sulfide) groups is 1. The number of hydrogen-bond acceptors (Lipinski definition) is 6. The predicted octanol–water partition coefficient (Wildman–Crippen LogP) is 3.17. The van der Waals surface area contributed by atoms with Crippen molar-refractivity contribution in [1.29, 1.82) is 0 Å². The summed E-state index contributed by atoms with van der Waals surface area (Å²) in [5, 5.41) is 3.98. The number of rotatable bonds is 5. The Morgan fingerprint density at radius 2 is 2.26 bits per heavy atom. The molecule has 0 aromatic carbocycles. The average Bonchev–Trinajstić information content (AvgIpc) is 3.20. The van der Waals surface area contributed by atoms with Gasteiger partial charge in [0.25, 0.3) is 5.91 Å². The number of aryl methyl sites for hydroxylation is 1. The Balaban J connectivity index is 1.12. The van der Waals surface area contributed by atoms with E-state index in [0.717, 1.165) is 55.3 Å². The Morgan fingerprint density at radius 1 is 1.41 bits per heavy atom. The molecule has 0 bridgehead atoms. The second-order valence-corrected chi connectivity index (χ2v) is 9.44. The van der Waals surface area contributed by atoms with Crippen LogP contribution in [0.3, 0.4) is 0 Å². The van der Waals surface area contributed by atoms with Crippen LogP contribution < -0.4 is 0 Å². The number of aromatic nitrogens is 2. The van der Waals surface area contributed by atoms with Gasteiger partial charge in [-0.2, -0.15) is 0 Å². The van der Waals surface area contributed by atoms with Crippen LogP contribution in [-0.2, 0) is 11.3 Å². The lowest BCUT2D eigenvalue weighted by molar-refractivity contribution is 0.0241. The van der Waals surface area contributed by atoms with E-state index in [1.54, 1.807) is 0 Å². The number of pyridine rings is 1. The van der Waals surface area contributed by atoms with Gasteiger partial charge in [-0.25, -0.2) is 0 Å². The Kier molecular flexibility index (Phi) is 4.24. The van der Waals surface area contributed by atoms with E-state index in [2.05, 4.69) is 10.1 Å². The van der Waals surface area contributed by atoms with Gasteiger partial charge in [-0.3, -0.25) is 9.78 Å². The van der Waals surface area contributed by atoms with Crippen molar-refractivity contribution in [2.24, 2.45) is 0 Å². The first-order chi connectivity index (χ1) is 13.1. The van der Waals surface area contributed by atoms with Crippen molar-refractivity contribution in [3.8, 4) is 0 Å². The first-order valence-electron chi connectivity index (χ1n) is 9.54. The van der Waals surface area contributed by atoms with E-state index in [0.29, 0.717) is 18.2 Å². The van der Waals surface area contributed by atoms with Gasteiger partial charge in [0.15, 0.2) is 5.69 Å². The van der Waals surface area contributed by atoms with Gasteiger partial charge >= 0.3 is 0 Å². The largest absolute Gasteiger partial charge is 0.371 e. The molecule has 3 aliphatic rings. The highest BCUT2D eigenvalue weighted by Gasteiger charge is 2.51. The van der Waals surface area contributed by atoms with Crippen molar-refractivity contribution >= 4 is 17.7 Å². The van der Waals surface area contributed by atoms with E-state index in [4.69, 9.17) is 9.26 Å². The molecular formula is C20H23N3O3S. The number of nitrogens with zero attached hydrogens (tertiary/aromatic N) is 3. The summed E-state index contributed by atoms with van der Waals surface area (Å²) in [6.07, 6.45) is 3.50. The molecule has 142 valence electrons. The summed E-state index contributed by atoms with van der Waals surface area (Å²) < 4.78 is 11.5. The van der Waals surface area contributed by atoms with E-state index in [9.17, 15) is 4.79 Å². The molecule has 5 rings (SSSR count). The number of hydrogen-bond donors (Lipinski definition) is 0. The minimum atomic E-state index is -0.00907. The fraction of sp³-hybridized carbons (Fsp3) is 0.550. The lowest BCUT2D eigenvalue weighted by Crippen LogP contribution is -2.60. The Bertz CT molecular complexity index is 858. The molecule has 2 aromatic heterocycles. The van der Waals surface area contributed by atoms with Crippen molar-refractivity contribution < 1.29 is 14.1 Å². The van der Waals surface area contributed by atoms with Crippen molar-refractivity contribution in [3.63, 3.8) is 0 Å². The zero-order valence-corrected chi connectivity index (χ0v) is 16.2. The highest BCUT2D eigenvalue weighted by atomic mass is 32.2. The Morgan fingerprint density at radius 3 is 3.04 bits per heavy atom. The summed E-state index contributed by atoms with van der Waals surface area (Å²) in [6.45, 7) is 4.08. The molecular weight excluding hydrogens is 362 g/mol. The number of likely N-dealkylation sites (tertiary alicyclic amines) is 1. The molecule has 0 unspecified atom stereocenters. The maximum Gasteiger partial charge on any atom is 0.276 e. The van der Waals surface area contributed by atoms with Gasteiger partial charge in [0.05, 0.1) is 23.2 Å². The molecule has 2 aromatic rings. The van der Waals surface area contributed by atoms with E-state index < -0.39 is 0 Å². The molecule has 7 heteroatoms. The molecule has 27 heavy (non-hydrogen) atoms. The summed E-state index contributed by atoms with van der Waals surface area (Å²) in [6, 6.07) is 7.84. The Hall–Kier alpha value is -1.86. The topological polar surface area (TPSA) is 68.5 Å². The molecule has 1 aliphatic carbocycles. The fourth-order valence-electron chi connectivity index (χ4n) is 3.92. The minimum absolute atomic E-state index is 0.00907. The third-order valence-corrected chi connectivity index (χ3v) is 7.14. The van der Waals surface area contributed by atoms with Crippen molar-refractivity contribution in [2.75, 3.05) is 18.8 Å². The molecule has 6 nitrogen and oxygen atoms in total. The van der Waals surface area contributed by atoms with Crippen LogP contribution in [0.5, 0.6) is 0 Å². The second-order valence-electron chi connectivity index (χ2n) is 7.95. The van der Waals surface area contributed by atoms with Gasteiger partial charge < -0.3 is 14.2 Å². The maximum atomic E-state index is 12.6. The number of amides is 1. The first kappa shape index (κ1) is 17.3. The number of ether oxygens (including phenoxy) is 1. The maximum absolute atomic E-state index is 12.6. The van der Waals surface area contributed by atoms with Crippen LogP contribution in [0.25, 0.3) is 0 Å². The zero-order valence-electron chi connectivity index (χ0n) is 15.4. The molecule has 2 saturated heterocycles. The van der Waals surface area contributed by atoms with Crippen LogP contribution in [-0.4, -0.2) is 50.6 Å². The molecule has 0 radical (unpaired) electrons. The van der Waals surface area contributed by atoms with E-state index in [1.807, 2.05) is 47.9 Å². The molecule has 3 fully saturated rings. The number of carbonyl (C=O) groups is 1. The molecule has 4 heterocycles. The van der Waals surface area contributed by atoms with Crippen LogP contribution in [0.15, 0.2) is 28.8 Å². The van der Waals surface area contributed by atoms with Gasteiger partial charge in [-0.05, 0) is 38.3 Å². The fourth-order valence-corrected chi connectivity index (χ4v) is 5.47. The van der Waals surface area contributed by atoms with Crippen LogP contribution >= 0.6 is 11.8 Å². The monoisotopic (exact) mass is 385 g/mol. The van der Waals surface area contributed by atoms with Crippen LogP contribution in [0.1, 0.15) is 52.8 Å². The van der Waals surface area contributed by atoms with E-state index in [1.165, 1.54) is 0 Å². The summed E-state index contributed by atoms with van der Waals surface area (Å²) in [7, 11) is 0. The lowest BCUT2D eigenvalue weighted by atomic mass is 9.92. The van der Waals surface area contributed by atoms with Crippen LogP contribution in [0, 0.1) is 6.92 Å². The second kappa shape index (κ2) is 6.63. The molecule has 1 atom stereocenters. The predicted molar refractivity (Wildman–Crippen MR) is 102 cm³/mol. The first-order valence-corrected chi connectivity index (χ1v) is 10.5. The SMILES string of the molecule is Cc1cccc(CO[C@H]2CSC3(C2)CN(C(=O)c2cc(C4CC4)on2)C3)n1. The van der Waals surface area contributed by atoms with E-state index in [-0.39, 0.29) is 16.8 Å². The summed E-state index contributed by atoms with van der Waals surface area (Å²) in [4.78, 5) is 19.0. The molecule has 1 saturated carbocycles. The Labute approximate surface area is 162 Å². The quantitative estimate of drug-likeness (QED) is 0.787. The molecule has 1 amide bonds. The van der Waals surface area contributed by atoms with E-state index >= 15 is 0 Å². The average molecular weight is 385 g/mol. The zero-order chi connectivity index (χ0) is 18.4.